The fourth-order valence-electron chi connectivity index (χ4n) is 1.06. The molecule has 0 radical (unpaired) electrons. The third-order valence-corrected chi connectivity index (χ3v) is 1.99. The van der Waals surface area contributed by atoms with Crippen LogP contribution in [0.25, 0.3) is 0 Å². The summed E-state index contributed by atoms with van der Waals surface area (Å²) in [5.41, 5.74) is 0. The number of hydrogen-bond donors (Lipinski definition) is 0. The van der Waals surface area contributed by atoms with Gasteiger partial charge in [0.1, 0.15) is 0 Å². The molecule has 0 saturated carbocycles. The van der Waals surface area contributed by atoms with Crippen molar-refractivity contribution in [3.8, 4) is 0 Å². The fraction of sp³-hybridized carbons (Fsp3) is 0.500. The second kappa shape index (κ2) is 5.45. The minimum absolute atomic E-state index is 0.0474. The summed E-state index contributed by atoms with van der Waals surface area (Å²) >= 11 is 5.58. The number of nitro groups is 1. The molecule has 0 aliphatic heterocycles. The van der Waals surface area contributed by atoms with Gasteiger partial charge in [-0.15, -0.1) is 0 Å². The van der Waals surface area contributed by atoms with Gasteiger partial charge in [-0.05, 0) is 11.8 Å². The number of carbonyl (C=O) groups excluding carboxylic acids is 1. The maximum Gasteiger partial charge on any atom is 0.408 e. The van der Waals surface area contributed by atoms with Gasteiger partial charge in [-0.2, -0.15) is 4.68 Å². The lowest BCUT2D eigenvalue weighted by atomic mass is 10.4. The van der Waals surface area contributed by atoms with Crippen molar-refractivity contribution >= 4 is 23.4 Å². The van der Waals surface area contributed by atoms with Crippen LogP contribution in [0, 0.1) is 10.1 Å². The number of carbonyl (C=O) groups is 1. The van der Waals surface area contributed by atoms with Gasteiger partial charge in [0.05, 0.1) is 30.9 Å². The Hall–Kier alpha value is -1.63. The average Bonchev–Trinajstić information content (AvgIpc) is 2.57. The molecule has 0 bridgehead atoms. The molecule has 8 heteroatoms. The van der Waals surface area contributed by atoms with Crippen LogP contribution in [0.1, 0.15) is 13.3 Å². The first-order valence-electron chi connectivity index (χ1n) is 4.57. The summed E-state index contributed by atoms with van der Waals surface area (Å²) in [7, 11) is 0. The number of halogens is 1. The van der Waals surface area contributed by atoms with Crippen molar-refractivity contribution in [2.75, 3.05) is 6.61 Å². The van der Waals surface area contributed by atoms with Gasteiger partial charge in [0, 0.05) is 0 Å². The number of aryl methyl sites for hydroxylation is 1. The summed E-state index contributed by atoms with van der Waals surface area (Å²) < 4.78 is 5.95. The highest BCUT2D eigenvalue weighted by Gasteiger charge is 2.19. The first-order chi connectivity index (χ1) is 7.54. The van der Waals surface area contributed by atoms with Crippen LogP contribution in [0.3, 0.4) is 0 Å². The summed E-state index contributed by atoms with van der Waals surface area (Å²) in [6, 6.07) is 0. The Morgan fingerprint density at radius 3 is 2.94 bits per heavy atom. The smallest absolute Gasteiger partial charge is 0.408 e. The quantitative estimate of drug-likeness (QED) is 0.446. The topological polar surface area (TPSA) is 87.3 Å². The van der Waals surface area contributed by atoms with Crippen LogP contribution in [-0.2, 0) is 16.1 Å². The molecule has 0 atom stereocenters. The SMILES string of the molecule is CCOC(=O)CCn1cc(Cl)c([N+](=O)[O-])n1. The molecule has 1 aromatic rings. The summed E-state index contributed by atoms with van der Waals surface area (Å²) in [5.74, 6) is -0.790. The van der Waals surface area contributed by atoms with Crippen LogP contribution in [0.2, 0.25) is 5.02 Å². The van der Waals surface area contributed by atoms with Crippen LogP contribution in [0.5, 0.6) is 0 Å². The van der Waals surface area contributed by atoms with Crippen molar-refractivity contribution in [2.24, 2.45) is 0 Å². The van der Waals surface area contributed by atoms with Gasteiger partial charge < -0.3 is 14.9 Å². The molecule has 0 unspecified atom stereocenters. The van der Waals surface area contributed by atoms with E-state index in [2.05, 4.69) is 5.10 Å². The molecule has 0 fully saturated rings. The molecule has 88 valence electrons. The van der Waals surface area contributed by atoms with Gasteiger partial charge in [0.25, 0.3) is 0 Å². The van der Waals surface area contributed by atoms with Gasteiger partial charge in [0.15, 0.2) is 5.02 Å². The molecule has 1 heterocycles. The zero-order valence-corrected chi connectivity index (χ0v) is 9.31. The van der Waals surface area contributed by atoms with Crippen LogP contribution < -0.4 is 0 Å². The van der Waals surface area contributed by atoms with E-state index in [4.69, 9.17) is 16.3 Å². The number of rotatable bonds is 5. The number of esters is 1. The summed E-state index contributed by atoms with van der Waals surface area (Å²) in [5, 5.41) is 14.0. The molecule has 0 aliphatic rings. The molecule has 0 spiro atoms. The van der Waals surface area contributed by atoms with E-state index in [1.807, 2.05) is 0 Å². The number of nitrogens with zero attached hydrogens (tertiary/aromatic N) is 3. The van der Waals surface area contributed by atoms with Gasteiger partial charge in [-0.25, -0.2) is 0 Å². The summed E-state index contributed by atoms with van der Waals surface area (Å²) in [6.07, 6.45) is 1.40. The normalized spacial score (nSPS) is 10.1. The van der Waals surface area contributed by atoms with E-state index in [9.17, 15) is 14.9 Å². The highest BCUT2D eigenvalue weighted by molar-refractivity contribution is 6.32. The second-order valence-electron chi connectivity index (χ2n) is 2.88. The standard InChI is InChI=1S/C8H10ClN3O4/c1-2-16-7(13)3-4-11-5-6(9)8(10-11)12(14)15/h5H,2-4H2,1H3. The Labute approximate surface area is 96.1 Å². The molecular formula is C8H10ClN3O4. The van der Waals surface area contributed by atoms with E-state index in [0.29, 0.717) is 6.61 Å². The van der Waals surface area contributed by atoms with Crippen molar-refractivity contribution in [3.05, 3.63) is 21.3 Å². The van der Waals surface area contributed by atoms with E-state index >= 15 is 0 Å². The molecular weight excluding hydrogens is 238 g/mol. The molecule has 1 rings (SSSR count). The molecule has 0 aromatic carbocycles. The monoisotopic (exact) mass is 247 g/mol. The predicted octanol–water partition coefficient (Wildman–Crippen LogP) is 1.40. The minimum atomic E-state index is -0.677. The number of hydrogen-bond acceptors (Lipinski definition) is 5. The summed E-state index contributed by atoms with van der Waals surface area (Å²) in [4.78, 5) is 20.8. The van der Waals surface area contributed by atoms with Crippen molar-refractivity contribution in [1.29, 1.82) is 0 Å². The maximum atomic E-state index is 11.0. The zero-order chi connectivity index (χ0) is 12.1. The van der Waals surface area contributed by atoms with E-state index in [1.165, 1.54) is 10.9 Å². The van der Waals surface area contributed by atoms with Crippen molar-refractivity contribution in [1.82, 2.24) is 9.78 Å². The van der Waals surface area contributed by atoms with E-state index in [1.54, 1.807) is 6.92 Å². The highest BCUT2D eigenvalue weighted by atomic mass is 35.5. The minimum Gasteiger partial charge on any atom is -0.466 e. The lowest BCUT2D eigenvalue weighted by Gasteiger charge is -1.98. The van der Waals surface area contributed by atoms with Gasteiger partial charge >= 0.3 is 11.8 Å². The van der Waals surface area contributed by atoms with Crippen LogP contribution in [0.15, 0.2) is 6.20 Å². The molecule has 1 aromatic heterocycles. The first kappa shape index (κ1) is 12.4. The lowest BCUT2D eigenvalue weighted by Crippen LogP contribution is -2.09. The van der Waals surface area contributed by atoms with Gasteiger partial charge in [-0.1, -0.05) is 11.6 Å². The zero-order valence-electron chi connectivity index (χ0n) is 8.55. The van der Waals surface area contributed by atoms with Crippen molar-refractivity contribution in [2.45, 2.75) is 19.9 Å². The second-order valence-corrected chi connectivity index (χ2v) is 3.28. The Morgan fingerprint density at radius 1 is 1.75 bits per heavy atom. The number of aromatic nitrogens is 2. The molecule has 0 aliphatic carbocycles. The van der Waals surface area contributed by atoms with Crippen molar-refractivity contribution in [3.63, 3.8) is 0 Å². The van der Waals surface area contributed by atoms with Crippen LogP contribution in [-0.4, -0.2) is 27.3 Å². The maximum absolute atomic E-state index is 11.0. The Morgan fingerprint density at radius 2 is 2.44 bits per heavy atom. The average molecular weight is 248 g/mol. The van der Waals surface area contributed by atoms with Crippen molar-refractivity contribution < 1.29 is 14.5 Å². The first-order valence-corrected chi connectivity index (χ1v) is 4.95. The molecule has 0 saturated heterocycles. The molecule has 0 N–H and O–H groups in total. The van der Waals surface area contributed by atoms with Gasteiger partial charge in [0.2, 0.25) is 0 Å². The molecule has 16 heavy (non-hydrogen) atoms. The fourth-order valence-corrected chi connectivity index (χ4v) is 1.28. The Kier molecular flexibility index (Phi) is 4.24. The molecule has 0 amide bonds. The Bertz CT molecular complexity index is 404. The third kappa shape index (κ3) is 3.20. The Balaban J connectivity index is 2.58. The van der Waals surface area contributed by atoms with Crippen LogP contribution >= 0.6 is 11.6 Å². The third-order valence-electron chi connectivity index (χ3n) is 1.72. The largest absolute Gasteiger partial charge is 0.466 e. The van der Waals surface area contributed by atoms with Crippen LogP contribution in [0.4, 0.5) is 5.82 Å². The van der Waals surface area contributed by atoms with E-state index in [0.717, 1.165) is 0 Å². The predicted molar refractivity (Wildman–Crippen MR) is 55.1 cm³/mol. The lowest BCUT2D eigenvalue weighted by molar-refractivity contribution is -0.389. The highest BCUT2D eigenvalue weighted by Crippen LogP contribution is 2.21. The van der Waals surface area contributed by atoms with Gasteiger partial charge in [-0.3, -0.25) is 4.79 Å². The van der Waals surface area contributed by atoms with E-state index < -0.39 is 10.7 Å². The molecule has 7 nitrogen and oxygen atoms in total. The van der Waals surface area contributed by atoms with E-state index in [-0.39, 0.29) is 24.0 Å². The summed E-state index contributed by atoms with van der Waals surface area (Å²) in [6.45, 7) is 2.21. The number of ether oxygens (including phenoxy) is 1.